The molecule has 1 aliphatic rings. The number of hydrogen-bond acceptors (Lipinski definition) is 2. The van der Waals surface area contributed by atoms with E-state index >= 15 is 0 Å². The van der Waals surface area contributed by atoms with Crippen LogP contribution in [0.2, 0.25) is 0 Å². The summed E-state index contributed by atoms with van der Waals surface area (Å²) in [6, 6.07) is 0. The molecule has 0 aromatic heterocycles. The van der Waals surface area contributed by atoms with Crippen molar-refractivity contribution in [1.82, 2.24) is 15.1 Å². The van der Waals surface area contributed by atoms with Gasteiger partial charge in [-0.15, -0.1) is 0 Å². The van der Waals surface area contributed by atoms with E-state index in [1.54, 1.807) is 7.05 Å². The minimum Gasteiger partial charge on any atom is -0.359 e. The lowest BCUT2D eigenvalue weighted by atomic mass is 9.93. The summed E-state index contributed by atoms with van der Waals surface area (Å²) in [7, 11) is 7.55. The number of guanidine groups is 1. The SMILES string of the molecule is CN=C(N(C)C)N1CCC(CC(=O)NC)CC1. The average molecular weight is 240 g/mol. The zero-order valence-electron chi connectivity index (χ0n) is 11.4. The number of rotatable bonds is 2. The standard InChI is InChI=1S/C12H24N4O/c1-13-11(17)9-10-5-7-16(8-6-10)12(14-2)15(3)4/h10H,5-9H2,1-4H3,(H,13,17). The number of carbonyl (C=O) groups excluding carboxylic acids is 1. The fourth-order valence-electron chi connectivity index (χ4n) is 2.33. The lowest BCUT2D eigenvalue weighted by Gasteiger charge is -2.36. The topological polar surface area (TPSA) is 47.9 Å². The fraction of sp³-hybridized carbons (Fsp3) is 0.833. The van der Waals surface area contributed by atoms with Crippen molar-refractivity contribution in [3.05, 3.63) is 0 Å². The summed E-state index contributed by atoms with van der Waals surface area (Å²) in [5.74, 6) is 1.70. The van der Waals surface area contributed by atoms with E-state index in [4.69, 9.17) is 0 Å². The van der Waals surface area contributed by atoms with Gasteiger partial charge in [-0.3, -0.25) is 9.79 Å². The highest BCUT2D eigenvalue weighted by atomic mass is 16.1. The first-order chi connectivity index (χ1) is 8.08. The second-order valence-corrected chi connectivity index (χ2v) is 4.73. The van der Waals surface area contributed by atoms with Crippen LogP contribution in [0.25, 0.3) is 0 Å². The van der Waals surface area contributed by atoms with Crippen LogP contribution in [0, 0.1) is 5.92 Å². The van der Waals surface area contributed by atoms with Crippen LogP contribution >= 0.6 is 0 Å². The van der Waals surface area contributed by atoms with Gasteiger partial charge in [0.15, 0.2) is 5.96 Å². The molecule has 0 aliphatic carbocycles. The number of hydrogen-bond donors (Lipinski definition) is 1. The van der Waals surface area contributed by atoms with Gasteiger partial charge in [0.05, 0.1) is 0 Å². The molecule has 1 saturated heterocycles. The van der Waals surface area contributed by atoms with Gasteiger partial charge in [-0.25, -0.2) is 0 Å². The van der Waals surface area contributed by atoms with Crippen molar-refractivity contribution in [2.45, 2.75) is 19.3 Å². The zero-order valence-corrected chi connectivity index (χ0v) is 11.4. The first-order valence-corrected chi connectivity index (χ1v) is 6.18. The van der Waals surface area contributed by atoms with Gasteiger partial charge in [0.25, 0.3) is 0 Å². The zero-order chi connectivity index (χ0) is 12.8. The highest BCUT2D eigenvalue weighted by Crippen LogP contribution is 2.20. The Kier molecular flexibility index (Phi) is 5.25. The lowest BCUT2D eigenvalue weighted by Crippen LogP contribution is -2.45. The molecular formula is C12H24N4O. The first-order valence-electron chi connectivity index (χ1n) is 6.18. The van der Waals surface area contributed by atoms with Gasteiger partial charge in [0, 0.05) is 47.7 Å². The number of amides is 1. The summed E-state index contributed by atoms with van der Waals surface area (Å²) in [5, 5.41) is 2.69. The average Bonchev–Trinajstić information content (AvgIpc) is 2.31. The molecule has 1 heterocycles. The summed E-state index contributed by atoms with van der Waals surface area (Å²) < 4.78 is 0. The van der Waals surface area contributed by atoms with Crippen LogP contribution in [0.5, 0.6) is 0 Å². The highest BCUT2D eigenvalue weighted by Gasteiger charge is 2.23. The van der Waals surface area contributed by atoms with E-state index in [-0.39, 0.29) is 5.91 Å². The largest absolute Gasteiger partial charge is 0.359 e. The van der Waals surface area contributed by atoms with Crippen molar-refractivity contribution in [3.63, 3.8) is 0 Å². The van der Waals surface area contributed by atoms with Crippen molar-refractivity contribution >= 4 is 11.9 Å². The summed E-state index contributed by atoms with van der Waals surface area (Å²) in [6.45, 7) is 1.99. The van der Waals surface area contributed by atoms with Crippen LogP contribution in [0.15, 0.2) is 4.99 Å². The number of aliphatic imine (C=N–C) groups is 1. The van der Waals surface area contributed by atoms with Crippen LogP contribution in [0.3, 0.4) is 0 Å². The van der Waals surface area contributed by atoms with Crippen molar-refractivity contribution in [2.75, 3.05) is 41.3 Å². The normalized spacial score (nSPS) is 18.1. The molecule has 1 N–H and O–H groups in total. The smallest absolute Gasteiger partial charge is 0.220 e. The Morgan fingerprint density at radius 3 is 2.41 bits per heavy atom. The molecule has 0 aromatic carbocycles. The molecule has 1 fully saturated rings. The minimum absolute atomic E-state index is 0.153. The number of likely N-dealkylation sites (tertiary alicyclic amines) is 1. The maximum absolute atomic E-state index is 11.3. The van der Waals surface area contributed by atoms with E-state index in [1.807, 2.05) is 26.0 Å². The van der Waals surface area contributed by atoms with Gasteiger partial charge in [-0.05, 0) is 18.8 Å². The number of nitrogens with zero attached hydrogens (tertiary/aromatic N) is 3. The predicted molar refractivity (Wildman–Crippen MR) is 70.0 cm³/mol. The van der Waals surface area contributed by atoms with Gasteiger partial charge >= 0.3 is 0 Å². The van der Waals surface area contributed by atoms with Crippen molar-refractivity contribution in [2.24, 2.45) is 10.9 Å². The maximum Gasteiger partial charge on any atom is 0.220 e. The summed E-state index contributed by atoms with van der Waals surface area (Å²) in [6.07, 6.45) is 2.80. The van der Waals surface area contributed by atoms with E-state index < -0.39 is 0 Å². The summed E-state index contributed by atoms with van der Waals surface area (Å²) in [4.78, 5) is 19.9. The van der Waals surface area contributed by atoms with Crippen LogP contribution in [0.1, 0.15) is 19.3 Å². The predicted octanol–water partition coefficient (Wildman–Crippen LogP) is 0.382. The third kappa shape index (κ3) is 3.91. The molecule has 0 radical (unpaired) electrons. The third-order valence-electron chi connectivity index (χ3n) is 3.25. The van der Waals surface area contributed by atoms with Crippen LogP contribution in [-0.2, 0) is 4.79 Å². The van der Waals surface area contributed by atoms with Gasteiger partial charge in [0.2, 0.25) is 5.91 Å². The Morgan fingerprint density at radius 2 is 2.00 bits per heavy atom. The van der Waals surface area contributed by atoms with Gasteiger partial charge in [-0.1, -0.05) is 0 Å². The van der Waals surface area contributed by atoms with E-state index in [2.05, 4.69) is 15.2 Å². The molecule has 0 unspecified atom stereocenters. The third-order valence-corrected chi connectivity index (χ3v) is 3.25. The molecule has 0 atom stereocenters. The number of carbonyl (C=O) groups is 1. The highest BCUT2D eigenvalue weighted by molar-refractivity contribution is 5.79. The molecule has 5 heteroatoms. The van der Waals surface area contributed by atoms with E-state index in [0.717, 1.165) is 31.9 Å². The molecule has 17 heavy (non-hydrogen) atoms. The molecule has 98 valence electrons. The molecule has 1 aliphatic heterocycles. The summed E-state index contributed by atoms with van der Waals surface area (Å²) >= 11 is 0. The van der Waals surface area contributed by atoms with Gasteiger partial charge < -0.3 is 15.1 Å². The molecule has 0 aromatic rings. The molecule has 5 nitrogen and oxygen atoms in total. The Labute approximate surface area is 104 Å². The monoisotopic (exact) mass is 240 g/mol. The Balaban J connectivity index is 2.43. The van der Waals surface area contributed by atoms with Crippen molar-refractivity contribution < 1.29 is 4.79 Å². The quantitative estimate of drug-likeness (QED) is 0.561. The Bertz CT molecular complexity index is 280. The molecule has 1 rings (SSSR count). The van der Waals surface area contributed by atoms with Crippen LogP contribution in [0.4, 0.5) is 0 Å². The van der Waals surface area contributed by atoms with Crippen molar-refractivity contribution in [3.8, 4) is 0 Å². The van der Waals surface area contributed by atoms with Gasteiger partial charge in [-0.2, -0.15) is 0 Å². The molecule has 0 spiro atoms. The minimum atomic E-state index is 0.153. The van der Waals surface area contributed by atoms with Crippen LogP contribution in [-0.4, -0.2) is 62.9 Å². The van der Waals surface area contributed by atoms with E-state index in [0.29, 0.717) is 12.3 Å². The molecule has 0 saturated carbocycles. The van der Waals surface area contributed by atoms with E-state index in [9.17, 15) is 4.79 Å². The molecule has 0 bridgehead atoms. The first kappa shape index (κ1) is 13.8. The van der Waals surface area contributed by atoms with Gasteiger partial charge in [0.1, 0.15) is 0 Å². The van der Waals surface area contributed by atoms with Crippen molar-refractivity contribution in [1.29, 1.82) is 0 Å². The van der Waals surface area contributed by atoms with E-state index in [1.165, 1.54) is 0 Å². The maximum atomic E-state index is 11.3. The van der Waals surface area contributed by atoms with Crippen LogP contribution < -0.4 is 5.32 Å². The second-order valence-electron chi connectivity index (χ2n) is 4.73. The molecular weight excluding hydrogens is 216 g/mol. The Hall–Kier alpha value is -1.26. The fourth-order valence-corrected chi connectivity index (χ4v) is 2.33. The number of nitrogens with one attached hydrogen (secondary N) is 1. The second kappa shape index (κ2) is 6.47. The summed E-state index contributed by atoms with van der Waals surface area (Å²) in [5.41, 5.74) is 0. The number of piperidine rings is 1. The molecule has 1 amide bonds. The Morgan fingerprint density at radius 1 is 1.41 bits per heavy atom. The lowest BCUT2D eigenvalue weighted by molar-refractivity contribution is -0.121.